The molecule has 2 amide bonds. The van der Waals surface area contributed by atoms with E-state index in [0.717, 1.165) is 36.8 Å². The molecule has 1 aliphatic heterocycles. The van der Waals surface area contributed by atoms with E-state index >= 15 is 0 Å². The molecule has 0 spiro atoms. The number of imide groups is 1. The van der Waals surface area contributed by atoms with Gasteiger partial charge in [0.15, 0.2) is 0 Å². The summed E-state index contributed by atoms with van der Waals surface area (Å²) in [5.74, 6) is -0.820. The lowest BCUT2D eigenvalue weighted by atomic mass is 10.0. The van der Waals surface area contributed by atoms with E-state index in [1.54, 1.807) is 30.3 Å². The normalized spacial score (nSPS) is 12.4. The Labute approximate surface area is 163 Å². The van der Waals surface area contributed by atoms with Crippen molar-refractivity contribution in [3.63, 3.8) is 0 Å². The van der Waals surface area contributed by atoms with Crippen LogP contribution in [-0.2, 0) is 12.8 Å². The number of amides is 2. The Hall–Kier alpha value is -3.08. The van der Waals surface area contributed by atoms with Gasteiger partial charge >= 0.3 is 0 Å². The van der Waals surface area contributed by atoms with Crippen LogP contribution >= 0.6 is 0 Å². The molecule has 0 radical (unpaired) electrons. The number of carbonyl (C=O) groups excluding carboxylic acids is 2. The van der Waals surface area contributed by atoms with E-state index < -0.39 is 0 Å². The number of hydrogen-bond donors (Lipinski definition) is 1. The number of benzene rings is 2. The van der Waals surface area contributed by atoms with Crippen LogP contribution in [0.25, 0.3) is 10.9 Å². The van der Waals surface area contributed by atoms with Gasteiger partial charge in [-0.05, 0) is 49.1 Å². The predicted octanol–water partition coefficient (Wildman–Crippen LogP) is 4.85. The molecular formula is C23H23FN2O2. The second-order valence-electron chi connectivity index (χ2n) is 6.69. The minimum atomic E-state index is -0.300. The van der Waals surface area contributed by atoms with Crippen molar-refractivity contribution in [3.8, 4) is 0 Å². The van der Waals surface area contributed by atoms with Crippen LogP contribution in [0.5, 0.6) is 0 Å². The first-order valence-corrected chi connectivity index (χ1v) is 9.56. The molecule has 0 saturated carbocycles. The summed E-state index contributed by atoms with van der Waals surface area (Å²) < 4.78 is 13.7. The van der Waals surface area contributed by atoms with Crippen LogP contribution in [-0.4, -0.2) is 16.8 Å². The number of rotatable bonds is 4. The first-order valence-electron chi connectivity index (χ1n) is 9.56. The topological polar surface area (TPSA) is 59.1 Å². The summed E-state index contributed by atoms with van der Waals surface area (Å²) in [4.78, 5) is 26.4. The molecule has 0 aliphatic carbocycles. The molecule has 4 nitrogen and oxygen atoms in total. The Balaban J connectivity index is 0.000000176. The van der Waals surface area contributed by atoms with Gasteiger partial charge in [-0.15, -0.1) is 0 Å². The molecule has 144 valence electrons. The maximum absolute atomic E-state index is 13.7. The van der Waals surface area contributed by atoms with Crippen molar-refractivity contribution in [2.24, 2.45) is 0 Å². The number of pyridine rings is 1. The van der Waals surface area contributed by atoms with Crippen LogP contribution in [0.1, 0.15) is 58.7 Å². The first-order chi connectivity index (χ1) is 13.5. The van der Waals surface area contributed by atoms with E-state index in [9.17, 15) is 14.0 Å². The third kappa shape index (κ3) is 4.09. The van der Waals surface area contributed by atoms with Crippen molar-refractivity contribution in [2.75, 3.05) is 0 Å². The lowest BCUT2D eigenvalue weighted by Crippen LogP contribution is -2.19. The van der Waals surface area contributed by atoms with Gasteiger partial charge < -0.3 is 0 Å². The summed E-state index contributed by atoms with van der Waals surface area (Å²) in [5.41, 5.74) is 3.76. The van der Waals surface area contributed by atoms with Crippen molar-refractivity contribution < 1.29 is 14.0 Å². The molecule has 1 N–H and O–H groups in total. The molecule has 0 bridgehead atoms. The van der Waals surface area contributed by atoms with Crippen molar-refractivity contribution in [1.82, 2.24) is 10.3 Å². The van der Waals surface area contributed by atoms with Gasteiger partial charge in [-0.2, -0.15) is 0 Å². The zero-order valence-corrected chi connectivity index (χ0v) is 16.1. The molecule has 0 saturated heterocycles. The summed E-state index contributed by atoms with van der Waals surface area (Å²) in [6.45, 7) is 4.28. The van der Waals surface area contributed by atoms with E-state index in [1.807, 2.05) is 6.07 Å². The van der Waals surface area contributed by atoms with Crippen LogP contribution < -0.4 is 5.32 Å². The fourth-order valence-electron chi connectivity index (χ4n) is 3.23. The number of para-hydroxylation sites is 1. The summed E-state index contributed by atoms with van der Waals surface area (Å²) in [7, 11) is 0. The second-order valence-corrected chi connectivity index (χ2v) is 6.69. The van der Waals surface area contributed by atoms with E-state index in [4.69, 9.17) is 0 Å². The molecule has 28 heavy (non-hydrogen) atoms. The fraction of sp³-hybridized carbons (Fsp3) is 0.261. The molecule has 1 aliphatic rings. The number of unbranched alkanes of at least 4 members (excludes halogenated alkanes) is 1. The lowest BCUT2D eigenvalue weighted by Gasteiger charge is -2.09. The third-order valence-corrected chi connectivity index (χ3v) is 4.76. The van der Waals surface area contributed by atoms with Crippen molar-refractivity contribution in [1.29, 1.82) is 0 Å². The number of halogens is 1. The molecule has 4 rings (SSSR count). The molecule has 5 heteroatoms. The van der Waals surface area contributed by atoms with Crippen LogP contribution in [0.15, 0.2) is 48.5 Å². The maximum Gasteiger partial charge on any atom is 0.258 e. The van der Waals surface area contributed by atoms with Gasteiger partial charge in [0, 0.05) is 11.1 Å². The van der Waals surface area contributed by atoms with E-state index in [0.29, 0.717) is 16.6 Å². The number of hydrogen-bond acceptors (Lipinski definition) is 3. The minimum Gasteiger partial charge on any atom is -0.288 e. The van der Waals surface area contributed by atoms with Crippen LogP contribution in [0.2, 0.25) is 0 Å². The number of fused-ring (bicyclic) bond motifs is 2. The molecule has 2 heterocycles. The highest BCUT2D eigenvalue weighted by atomic mass is 19.1. The average molecular weight is 378 g/mol. The number of aryl methyl sites for hydroxylation is 2. The summed E-state index contributed by atoms with van der Waals surface area (Å²) in [6.07, 6.45) is 4.16. The molecule has 2 aromatic carbocycles. The van der Waals surface area contributed by atoms with E-state index in [-0.39, 0.29) is 17.6 Å². The van der Waals surface area contributed by atoms with Gasteiger partial charge in [-0.1, -0.05) is 44.5 Å². The quantitative estimate of drug-likeness (QED) is 0.660. The number of nitrogens with zero attached hydrogens (tertiary/aromatic N) is 1. The molecule has 1 aromatic heterocycles. The average Bonchev–Trinajstić information content (AvgIpc) is 3.01. The molecule has 0 fully saturated rings. The zero-order chi connectivity index (χ0) is 20.1. The Morgan fingerprint density at radius 3 is 2.25 bits per heavy atom. The molecule has 0 atom stereocenters. The van der Waals surface area contributed by atoms with Crippen molar-refractivity contribution >= 4 is 22.7 Å². The summed E-state index contributed by atoms with van der Waals surface area (Å²) in [5, 5.41) is 3.11. The van der Waals surface area contributed by atoms with Crippen LogP contribution in [0, 0.1) is 5.82 Å². The van der Waals surface area contributed by atoms with Crippen LogP contribution in [0.4, 0.5) is 4.39 Å². The number of nitrogens with one attached hydrogen (secondary N) is 1. The molecule has 3 aromatic rings. The third-order valence-electron chi connectivity index (χ3n) is 4.76. The minimum absolute atomic E-state index is 0.220. The Kier molecular flexibility index (Phi) is 6.14. The smallest absolute Gasteiger partial charge is 0.258 e. The van der Waals surface area contributed by atoms with Crippen molar-refractivity contribution in [3.05, 3.63) is 76.7 Å². The SMILES string of the molecule is CCCCc1nc2c(F)cccc2cc1CC.O=C1NC(=O)c2ccccc21. The fourth-order valence-corrected chi connectivity index (χ4v) is 3.23. The first kappa shape index (κ1) is 19.7. The predicted molar refractivity (Wildman–Crippen MR) is 108 cm³/mol. The van der Waals surface area contributed by atoms with Gasteiger partial charge in [-0.25, -0.2) is 9.37 Å². The van der Waals surface area contributed by atoms with E-state index in [2.05, 4.69) is 30.2 Å². The van der Waals surface area contributed by atoms with Gasteiger partial charge in [-0.3, -0.25) is 14.9 Å². The largest absolute Gasteiger partial charge is 0.288 e. The summed E-state index contributed by atoms with van der Waals surface area (Å²) in [6, 6.07) is 14.0. The Morgan fingerprint density at radius 2 is 1.64 bits per heavy atom. The highest BCUT2D eigenvalue weighted by Crippen LogP contribution is 2.21. The number of aromatic nitrogens is 1. The second kappa shape index (κ2) is 8.74. The van der Waals surface area contributed by atoms with Crippen LogP contribution in [0.3, 0.4) is 0 Å². The molecule has 0 unspecified atom stereocenters. The Morgan fingerprint density at radius 1 is 0.964 bits per heavy atom. The van der Waals surface area contributed by atoms with E-state index in [1.165, 1.54) is 11.6 Å². The van der Waals surface area contributed by atoms with Gasteiger partial charge in [0.25, 0.3) is 11.8 Å². The standard InChI is InChI=1S/C15H18FN.C8H5NO2/c1-3-5-9-14-11(4-2)10-12-7-6-8-13(16)15(12)17-14;10-7-5-3-1-2-4-6(5)8(11)9-7/h6-8,10H,3-5,9H2,1-2H3;1-4H,(H,9,10,11). The van der Waals surface area contributed by atoms with Gasteiger partial charge in [0.2, 0.25) is 0 Å². The lowest BCUT2D eigenvalue weighted by molar-refractivity contribution is 0.0879. The zero-order valence-electron chi connectivity index (χ0n) is 16.1. The van der Waals surface area contributed by atoms with Gasteiger partial charge in [0.1, 0.15) is 11.3 Å². The highest BCUT2D eigenvalue weighted by Gasteiger charge is 2.25. The van der Waals surface area contributed by atoms with Crippen molar-refractivity contribution in [2.45, 2.75) is 39.5 Å². The summed E-state index contributed by atoms with van der Waals surface area (Å²) >= 11 is 0. The van der Waals surface area contributed by atoms with Gasteiger partial charge in [0.05, 0.1) is 11.1 Å². The Bertz CT molecular complexity index is 997. The number of carbonyl (C=O) groups is 2. The maximum atomic E-state index is 13.7. The molecular weight excluding hydrogens is 355 g/mol. The highest BCUT2D eigenvalue weighted by molar-refractivity contribution is 6.21. The monoisotopic (exact) mass is 378 g/mol.